The van der Waals surface area contributed by atoms with Crippen LogP contribution in [0.25, 0.3) is 0 Å². The molecule has 1 aromatic heterocycles. The molecule has 1 aromatic rings. The second-order valence-corrected chi connectivity index (χ2v) is 4.33. The topological polar surface area (TPSA) is 97.4 Å². The van der Waals surface area contributed by atoms with E-state index in [0.29, 0.717) is 25.5 Å². The number of aliphatic hydroxyl groups excluding tert-OH is 1. The van der Waals surface area contributed by atoms with Gasteiger partial charge in [-0.05, 0) is 20.3 Å². The zero-order chi connectivity index (χ0) is 12.4. The molecule has 1 atom stereocenters. The Balaban J connectivity index is 2.19. The van der Waals surface area contributed by atoms with Crippen molar-refractivity contribution >= 4 is 11.9 Å². The molecule has 1 fully saturated rings. The van der Waals surface area contributed by atoms with Gasteiger partial charge in [-0.2, -0.15) is 15.0 Å². The molecule has 17 heavy (non-hydrogen) atoms. The number of β-amino-alcohol motifs (C(OH)–C–C–N with tert-alkyl or cyclic N) is 1. The number of hydrogen-bond donors (Lipinski definition) is 2. The fourth-order valence-corrected chi connectivity index (χ4v) is 1.69. The van der Waals surface area contributed by atoms with Crippen LogP contribution in [-0.4, -0.2) is 45.4 Å². The van der Waals surface area contributed by atoms with E-state index in [0.717, 1.165) is 0 Å². The number of aliphatic hydroxyl groups is 1. The number of ether oxygens (including phenoxy) is 1. The average molecular weight is 239 g/mol. The molecular weight excluding hydrogens is 222 g/mol. The van der Waals surface area contributed by atoms with Gasteiger partial charge < -0.3 is 20.5 Å². The Kier molecular flexibility index (Phi) is 3.28. The summed E-state index contributed by atoms with van der Waals surface area (Å²) in [6.45, 7) is 5.01. The van der Waals surface area contributed by atoms with Crippen molar-refractivity contribution in [1.82, 2.24) is 15.0 Å². The summed E-state index contributed by atoms with van der Waals surface area (Å²) in [5.74, 6) is 0.594. The van der Waals surface area contributed by atoms with E-state index < -0.39 is 0 Å². The number of hydrogen-bond acceptors (Lipinski definition) is 7. The van der Waals surface area contributed by atoms with Crippen LogP contribution in [0.3, 0.4) is 0 Å². The number of nitrogens with two attached hydrogens (primary N) is 1. The largest absolute Gasteiger partial charge is 0.461 e. The Hall–Kier alpha value is -1.63. The van der Waals surface area contributed by atoms with Crippen molar-refractivity contribution in [2.75, 3.05) is 23.7 Å². The molecule has 3 N–H and O–H groups in total. The maximum absolute atomic E-state index is 9.47. The molecule has 0 spiro atoms. The molecule has 2 rings (SSSR count). The third-order valence-electron chi connectivity index (χ3n) is 2.41. The summed E-state index contributed by atoms with van der Waals surface area (Å²) >= 11 is 0. The lowest BCUT2D eigenvalue weighted by atomic mass is 10.3. The molecule has 0 aromatic carbocycles. The fourth-order valence-electron chi connectivity index (χ4n) is 1.69. The van der Waals surface area contributed by atoms with E-state index in [2.05, 4.69) is 15.0 Å². The first-order chi connectivity index (χ1) is 8.04. The Labute approximate surface area is 99.6 Å². The molecule has 0 aliphatic carbocycles. The monoisotopic (exact) mass is 239 g/mol. The van der Waals surface area contributed by atoms with Crippen LogP contribution in [0.5, 0.6) is 6.01 Å². The highest BCUT2D eigenvalue weighted by molar-refractivity contribution is 5.37. The smallest absolute Gasteiger partial charge is 0.323 e. The van der Waals surface area contributed by atoms with Gasteiger partial charge in [0.15, 0.2) is 0 Å². The summed E-state index contributed by atoms with van der Waals surface area (Å²) < 4.78 is 5.39. The highest BCUT2D eigenvalue weighted by atomic mass is 16.5. The van der Waals surface area contributed by atoms with Crippen molar-refractivity contribution in [2.24, 2.45) is 0 Å². The number of anilines is 2. The van der Waals surface area contributed by atoms with Crippen LogP contribution in [-0.2, 0) is 0 Å². The fraction of sp³-hybridized carbons (Fsp3) is 0.700. The summed E-state index contributed by atoms with van der Waals surface area (Å²) in [7, 11) is 0. The van der Waals surface area contributed by atoms with E-state index in [9.17, 15) is 5.11 Å². The molecular formula is C10H17N5O2. The number of nitrogens with zero attached hydrogens (tertiary/aromatic N) is 4. The van der Waals surface area contributed by atoms with Gasteiger partial charge >= 0.3 is 6.01 Å². The third-order valence-corrected chi connectivity index (χ3v) is 2.41. The summed E-state index contributed by atoms with van der Waals surface area (Å²) in [5.41, 5.74) is 5.61. The summed E-state index contributed by atoms with van der Waals surface area (Å²) in [6, 6.07) is 0.226. The minimum Gasteiger partial charge on any atom is -0.461 e. The van der Waals surface area contributed by atoms with Crippen LogP contribution in [0.4, 0.5) is 11.9 Å². The molecule has 1 saturated heterocycles. The van der Waals surface area contributed by atoms with E-state index in [-0.39, 0.29) is 24.2 Å². The highest BCUT2D eigenvalue weighted by Crippen LogP contribution is 2.19. The Bertz CT molecular complexity index is 398. The lowest BCUT2D eigenvalue weighted by molar-refractivity contribution is 0.198. The van der Waals surface area contributed by atoms with E-state index in [1.165, 1.54) is 0 Å². The molecule has 7 heteroatoms. The van der Waals surface area contributed by atoms with Crippen molar-refractivity contribution in [3.8, 4) is 6.01 Å². The van der Waals surface area contributed by atoms with Gasteiger partial charge in [-0.15, -0.1) is 0 Å². The maximum Gasteiger partial charge on any atom is 0.323 e. The van der Waals surface area contributed by atoms with Crippen molar-refractivity contribution in [2.45, 2.75) is 32.5 Å². The first-order valence-corrected chi connectivity index (χ1v) is 5.66. The first-order valence-electron chi connectivity index (χ1n) is 5.66. The number of rotatable bonds is 3. The number of aromatic nitrogens is 3. The maximum atomic E-state index is 9.47. The molecule has 1 unspecified atom stereocenters. The average Bonchev–Trinajstić information content (AvgIpc) is 2.62. The summed E-state index contributed by atoms with van der Waals surface area (Å²) in [5, 5.41) is 9.47. The van der Waals surface area contributed by atoms with Gasteiger partial charge in [-0.1, -0.05) is 0 Å². The van der Waals surface area contributed by atoms with Crippen molar-refractivity contribution in [3.63, 3.8) is 0 Å². The van der Waals surface area contributed by atoms with Gasteiger partial charge in [0.25, 0.3) is 0 Å². The highest BCUT2D eigenvalue weighted by Gasteiger charge is 2.23. The Morgan fingerprint density at radius 3 is 2.76 bits per heavy atom. The van der Waals surface area contributed by atoms with Crippen LogP contribution < -0.4 is 15.4 Å². The lowest BCUT2D eigenvalue weighted by Crippen LogP contribution is -2.24. The molecule has 2 heterocycles. The van der Waals surface area contributed by atoms with E-state index in [1.807, 2.05) is 18.7 Å². The second-order valence-electron chi connectivity index (χ2n) is 4.33. The van der Waals surface area contributed by atoms with Crippen LogP contribution in [0, 0.1) is 0 Å². The van der Waals surface area contributed by atoms with Crippen molar-refractivity contribution in [3.05, 3.63) is 0 Å². The van der Waals surface area contributed by atoms with Gasteiger partial charge in [-0.3, -0.25) is 0 Å². The summed E-state index contributed by atoms with van der Waals surface area (Å²) in [6.07, 6.45) is 0.364. The second kappa shape index (κ2) is 4.70. The van der Waals surface area contributed by atoms with Gasteiger partial charge in [0.2, 0.25) is 11.9 Å². The number of nitrogen functional groups attached to an aromatic ring is 1. The lowest BCUT2D eigenvalue weighted by Gasteiger charge is -2.16. The quantitative estimate of drug-likeness (QED) is 0.754. The predicted molar refractivity (Wildman–Crippen MR) is 62.8 cm³/mol. The third kappa shape index (κ3) is 2.94. The van der Waals surface area contributed by atoms with E-state index in [1.54, 1.807) is 0 Å². The molecule has 0 bridgehead atoms. The molecule has 94 valence electrons. The zero-order valence-corrected chi connectivity index (χ0v) is 10.00. The normalized spacial score (nSPS) is 20.0. The SMILES string of the molecule is CC(C)Oc1nc(N)nc(N2CCC(O)C2)n1. The Morgan fingerprint density at radius 2 is 2.18 bits per heavy atom. The summed E-state index contributed by atoms with van der Waals surface area (Å²) in [4.78, 5) is 14.0. The van der Waals surface area contributed by atoms with Crippen molar-refractivity contribution in [1.29, 1.82) is 0 Å². The molecule has 0 radical (unpaired) electrons. The van der Waals surface area contributed by atoms with Gasteiger partial charge in [0.05, 0.1) is 12.2 Å². The van der Waals surface area contributed by atoms with Crippen LogP contribution >= 0.6 is 0 Å². The van der Waals surface area contributed by atoms with Crippen LogP contribution in [0.15, 0.2) is 0 Å². The minimum atomic E-state index is -0.331. The molecule has 0 saturated carbocycles. The van der Waals surface area contributed by atoms with Gasteiger partial charge in [-0.25, -0.2) is 0 Å². The van der Waals surface area contributed by atoms with Gasteiger partial charge in [0.1, 0.15) is 0 Å². The van der Waals surface area contributed by atoms with E-state index >= 15 is 0 Å². The molecule has 1 aliphatic rings. The van der Waals surface area contributed by atoms with Crippen molar-refractivity contribution < 1.29 is 9.84 Å². The van der Waals surface area contributed by atoms with Crippen LogP contribution in [0.1, 0.15) is 20.3 Å². The van der Waals surface area contributed by atoms with E-state index in [4.69, 9.17) is 10.5 Å². The predicted octanol–water partition coefficient (Wildman–Crippen LogP) is -0.188. The zero-order valence-electron chi connectivity index (χ0n) is 10.00. The van der Waals surface area contributed by atoms with Crippen LogP contribution in [0.2, 0.25) is 0 Å². The van der Waals surface area contributed by atoms with Gasteiger partial charge in [0, 0.05) is 13.1 Å². The molecule has 0 amide bonds. The standard InChI is InChI=1S/C10H17N5O2/c1-6(2)17-10-13-8(11)12-9(14-10)15-4-3-7(16)5-15/h6-7,16H,3-5H2,1-2H3,(H2,11,12,13,14). The minimum absolute atomic E-state index is 0.0196. The molecule has 7 nitrogen and oxygen atoms in total. The molecule has 1 aliphatic heterocycles. The first kappa shape index (κ1) is 11.8. The Morgan fingerprint density at radius 1 is 1.41 bits per heavy atom.